The fraction of sp³-hybridized carbons (Fsp3) is 0.562. The molecule has 6 heteroatoms. The van der Waals surface area contributed by atoms with Gasteiger partial charge < -0.3 is 15.2 Å². The molecule has 1 aliphatic rings. The van der Waals surface area contributed by atoms with Gasteiger partial charge in [0.05, 0.1) is 18.8 Å². The van der Waals surface area contributed by atoms with E-state index in [1.807, 2.05) is 0 Å². The summed E-state index contributed by atoms with van der Waals surface area (Å²) in [7, 11) is 1.51. The zero-order chi connectivity index (χ0) is 15.9. The lowest BCUT2D eigenvalue weighted by Gasteiger charge is -2.24. The van der Waals surface area contributed by atoms with E-state index in [1.165, 1.54) is 19.2 Å². The molecule has 2 N–H and O–H groups in total. The van der Waals surface area contributed by atoms with Gasteiger partial charge in [-0.2, -0.15) is 0 Å². The van der Waals surface area contributed by atoms with E-state index in [-0.39, 0.29) is 30.9 Å². The Kier molecular flexibility index (Phi) is 6.30. The van der Waals surface area contributed by atoms with Gasteiger partial charge in [-0.1, -0.05) is 12.1 Å². The highest BCUT2D eigenvalue weighted by molar-refractivity contribution is 5.82. The van der Waals surface area contributed by atoms with E-state index in [9.17, 15) is 14.3 Å². The number of nitrogens with zero attached hydrogens (tertiary/aromatic N) is 1. The quantitative estimate of drug-likeness (QED) is 0.786. The molecule has 1 amide bonds. The second kappa shape index (κ2) is 8.22. The molecule has 0 spiro atoms. The van der Waals surface area contributed by atoms with Crippen molar-refractivity contribution in [2.24, 2.45) is 0 Å². The highest BCUT2D eigenvalue weighted by Gasteiger charge is 2.30. The molecule has 0 aliphatic carbocycles. The minimum atomic E-state index is -0.694. The van der Waals surface area contributed by atoms with Crippen molar-refractivity contribution in [3.8, 4) is 0 Å². The van der Waals surface area contributed by atoms with Gasteiger partial charge in [-0.15, -0.1) is 0 Å². The summed E-state index contributed by atoms with van der Waals surface area (Å²) in [5.74, 6) is -0.332. The molecule has 0 aromatic heterocycles. The number of benzene rings is 1. The lowest BCUT2D eigenvalue weighted by Crippen LogP contribution is -2.45. The lowest BCUT2D eigenvalue weighted by atomic mass is 10.1. The second-order valence-corrected chi connectivity index (χ2v) is 5.61. The maximum atomic E-state index is 12.9. The van der Waals surface area contributed by atoms with Crippen molar-refractivity contribution in [1.29, 1.82) is 0 Å². The predicted molar refractivity (Wildman–Crippen MR) is 80.7 cm³/mol. The lowest BCUT2D eigenvalue weighted by molar-refractivity contribution is -0.126. The third kappa shape index (κ3) is 4.76. The van der Waals surface area contributed by atoms with Gasteiger partial charge in [0.1, 0.15) is 5.82 Å². The van der Waals surface area contributed by atoms with E-state index in [0.717, 1.165) is 24.9 Å². The monoisotopic (exact) mass is 310 g/mol. The Hall–Kier alpha value is -1.50. The maximum Gasteiger partial charge on any atom is 0.237 e. The number of rotatable bonds is 7. The predicted octanol–water partition coefficient (Wildman–Crippen LogP) is 0.914. The number of ether oxygens (including phenoxy) is 1. The molecule has 122 valence electrons. The van der Waals surface area contributed by atoms with Crippen molar-refractivity contribution < 1.29 is 19.0 Å². The van der Waals surface area contributed by atoms with Crippen LogP contribution in [0.1, 0.15) is 18.4 Å². The largest absolute Gasteiger partial charge is 0.389 e. The third-order valence-corrected chi connectivity index (χ3v) is 3.84. The van der Waals surface area contributed by atoms with Gasteiger partial charge in [-0.25, -0.2) is 4.39 Å². The number of carbonyl (C=O) groups excluding carboxylic acids is 1. The molecule has 0 bridgehead atoms. The molecule has 0 radical (unpaired) electrons. The third-order valence-electron chi connectivity index (χ3n) is 3.84. The van der Waals surface area contributed by atoms with Crippen molar-refractivity contribution in [2.75, 3.05) is 26.8 Å². The van der Waals surface area contributed by atoms with Crippen LogP contribution in [0.25, 0.3) is 0 Å². The first-order valence-electron chi connectivity index (χ1n) is 7.53. The molecule has 1 aliphatic heterocycles. The summed E-state index contributed by atoms with van der Waals surface area (Å²) < 4.78 is 17.8. The highest BCUT2D eigenvalue weighted by Crippen LogP contribution is 2.20. The number of nitrogens with one attached hydrogen (secondary N) is 1. The van der Waals surface area contributed by atoms with Crippen LogP contribution < -0.4 is 5.32 Å². The molecule has 0 saturated carbocycles. The van der Waals surface area contributed by atoms with E-state index in [4.69, 9.17) is 4.74 Å². The Morgan fingerprint density at radius 1 is 1.50 bits per heavy atom. The number of amides is 1. The van der Waals surface area contributed by atoms with Gasteiger partial charge in [0.15, 0.2) is 0 Å². The minimum Gasteiger partial charge on any atom is -0.389 e. The van der Waals surface area contributed by atoms with E-state index in [2.05, 4.69) is 10.2 Å². The number of methoxy groups -OCH3 is 1. The van der Waals surface area contributed by atoms with Crippen LogP contribution >= 0.6 is 0 Å². The van der Waals surface area contributed by atoms with Crippen molar-refractivity contribution in [1.82, 2.24) is 10.2 Å². The average Bonchev–Trinajstić information content (AvgIpc) is 2.96. The maximum absolute atomic E-state index is 12.9. The first kappa shape index (κ1) is 16.9. The van der Waals surface area contributed by atoms with Gasteiger partial charge in [-0.05, 0) is 37.1 Å². The average molecular weight is 310 g/mol. The van der Waals surface area contributed by atoms with Crippen LogP contribution in [0, 0.1) is 5.82 Å². The zero-order valence-corrected chi connectivity index (χ0v) is 12.8. The Morgan fingerprint density at radius 3 is 2.91 bits per heavy atom. The van der Waals surface area contributed by atoms with Crippen LogP contribution in [0.5, 0.6) is 0 Å². The molecule has 22 heavy (non-hydrogen) atoms. The number of likely N-dealkylation sites (tertiary alicyclic amines) is 1. The molecule has 1 aromatic rings. The zero-order valence-electron chi connectivity index (χ0n) is 12.8. The molecule has 1 heterocycles. The molecule has 2 rings (SSSR count). The van der Waals surface area contributed by atoms with Crippen LogP contribution in [-0.4, -0.2) is 54.9 Å². The first-order valence-corrected chi connectivity index (χ1v) is 7.53. The van der Waals surface area contributed by atoms with Crippen molar-refractivity contribution in [2.45, 2.75) is 31.5 Å². The Labute approximate surface area is 130 Å². The standard InChI is InChI=1S/C16H23FN2O3/c1-22-11-14(20)9-18-16(21)15-3-2-8-19(15)10-12-4-6-13(17)7-5-12/h4-7,14-15,20H,2-3,8-11H2,1H3,(H,18,21). The van der Waals surface area contributed by atoms with Gasteiger partial charge in [0, 0.05) is 20.2 Å². The van der Waals surface area contributed by atoms with Crippen LogP contribution in [0.2, 0.25) is 0 Å². The first-order chi connectivity index (χ1) is 10.6. The Bertz CT molecular complexity index is 481. The summed E-state index contributed by atoms with van der Waals surface area (Å²) in [6, 6.07) is 6.15. The number of halogens is 1. The molecule has 1 aromatic carbocycles. The van der Waals surface area contributed by atoms with E-state index in [1.54, 1.807) is 12.1 Å². The summed E-state index contributed by atoms with van der Waals surface area (Å²) in [6.45, 7) is 1.85. The van der Waals surface area contributed by atoms with Crippen LogP contribution in [0.3, 0.4) is 0 Å². The minimum absolute atomic E-state index is 0.0743. The topological polar surface area (TPSA) is 61.8 Å². The molecule has 5 nitrogen and oxygen atoms in total. The number of carbonyl (C=O) groups is 1. The van der Waals surface area contributed by atoms with Gasteiger partial charge in [0.25, 0.3) is 0 Å². The number of aliphatic hydroxyl groups excluding tert-OH is 1. The Morgan fingerprint density at radius 2 is 2.23 bits per heavy atom. The van der Waals surface area contributed by atoms with Crippen molar-refractivity contribution in [3.05, 3.63) is 35.6 Å². The molecular formula is C16H23FN2O3. The smallest absolute Gasteiger partial charge is 0.237 e. The van der Waals surface area contributed by atoms with Gasteiger partial charge >= 0.3 is 0 Å². The van der Waals surface area contributed by atoms with Crippen LogP contribution in [-0.2, 0) is 16.1 Å². The summed E-state index contributed by atoms with van der Waals surface area (Å²) in [5, 5.41) is 12.3. The second-order valence-electron chi connectivity index (χ2n) is 5.61. The van der Waals surface area contributed by atoms with Gasteiger partial charge in [0.2, 0.25) is 5.91 Å². The fourth-order valence-electron chi connectivity index (χ4n) is 2.72. The molecular weight excluding hydrogens is 287 g/mol. The van der Waals surface area contributed by atoms with Crippen LogP contribution in [0.4, 0.5) is 4.39 Å². The molecule has 2 unspecified atom stereocenters. The number of aliphatic hydroxyl groups is 1. The molecule has 2 atom stereocenters. The molecule has 1 fully saturated rings. The highest BCUT2D eigenvalue weighted by atomic mass is 19.1. The van der Waals surface area contributed by atoms with E-state index in [0.29, 0.717) is 6.54 Å². The number of hydrogen-bond donors (Lipinski definition) is 2. The molecule has 1 saturated heterocycles. The van der Waals surface area contributed by atoms with E-state index < -0.39 is 6.10 Å². The Balaban J connectivity index is 1.86. The summed E-state index contributed by atoms with van der Waals surface area (Å²) in [5.41, 5.74) is 0.987. The summed E-state index contributed by atoms with van der Waals surface area (Å²) in [4.78, 5) is 14.3. The normalized spacial score (nSPS) is 20.0. The van der Waals surface area contributed by atoms with Crippen molar-refractivity contribution >= 4 is 5.91 Å². The fourth-order valence-corrected chi connectivity index (χ4v) is 2.72. The van der Waals surface area contributed by atoms with Crippen LogP contribution in [0.15, 0.2) is 24.3 Å². The SMILES string of the molecule is COCC(O)CNC(=O)C1CCCN1Cc1ccc(F)cc1. The summed E-state index contributed by atoms with van der Waals surface area (Å²) >= 11 is 0. The van der Waals surface area contributed by atoms with E-state index >= 15 is 0 Å². The summed E-state index contributed by atoms with van der Waals surface area (Å²) in [6.07, 6.45) is 1.06. The van der Waals surface area contributed by atoms with Gasteiger partial charge in [-0.3, -0.25) is 9.69 Å². The van der Waals surface area contributed by atoms with Crippen molar-refractivity contribution in [3.63, 3.8) is 0 Å². The number of hydrogen-bond acceptors (Lipinski definition) is 4.